The van der Waals surface area contributed by atoms with E-state index in [1.54, 1.807) is 11.3 Å². The smallest absolute Gasteiger partial charge is 0.323 e. The monoisotopic (exact) mass is 332 g/mol. The highest BCUT2D eigenvalue weighted by Gasteiger charge is 2.17. The van der Waals surface area contributed by atoms with Crippen LogP contribution in [0.1, 0.15) is 29.1 Å². The topological polar surface area (TPSA) is 70.5 Å². The zero-order valence-electron chi connectivity index (χ0n) is 13.1. The van der Waals surface area contributed by atoms with Gasteiger partial charge in [-0.1, -0.05) is 30.3 Å². The molecule has 0 aliphatic carbocycles. The second-order valence-corrected chi connectivity index (χ2v) is 6.40. The van der Waals surface area contributed by atoms with Crippen molar-refractivity contribution in [2.24, 2.45) is 0 Å². The number of carboxylic acids is 1. The number of amides is 1. The number of aliphatic carboxylic acids is 1. The Morgan fingerprint density at radius 2 is 2.00 bits per heavy atom. The van der Waals surface area contributed by atoms with E-state index in [2.05, 4.69) is 4.98 Å². The molecule has 5 nitrogen and oxygen atoms in total. The van der Waals surface area contributed by atoms with Crippen molar-refractivity contribution in [1.82, 2.24) is 9.88 Å². The van der Waals surface area contributed by atoms with Crippen molar-refractivity contribution in [1.29, 1.82) is 0 Å². The summed E-state index contributed by atoms with van der Waals surface area (Å²) < 4.78 is 0. The molecule has 0 unspecified atom stereocenters. The molecule has 6 heteroatoms. The van der Waals surface area contributed by atoms with Crippen LogP contribution in [0.2, 0.25) is 0 Å². The Kier molecular flexibility index (Phi) is 6.29. The highest BCUT2D eigenvalue weighted by Crippen LogP contribution is 2.12. The fourth-order valence-corrected chi connectivity index (χ4v) is 2.95. The van der Waals surface area contributed by atoms with Gasteiger partial charge in [0, 0.05) is 18.3 Å². The lowest BCUT2D eigenvalue weighted by Gasteiger charge is -2.20. The average molecular weight is 332 g/mol. The first-order chi connectivity index (χ1) is 11.0. The normalized spacial score (nSPS) is 10.5. The maximum atomic E-state index is 12.3. The van der Waals surface area contributed by atoms with Gasteiger partial charge in [-0.15, -0.1) is 11.3 Å². The van der Waals surface area contributed by atoms with Crippen LogP contribution in [0.25, 0.3) is 0 Å². The molecule has 0 aliphatic heterocycles. The number of carbonyl (C=O) groups excluding carboxylic acids is 1. The number of aromatic nitrogens is 1. The van der Waals surface area contributed by atoms with Gasteiger partial charge in [-0.2, -0.15) is 0 Å². The van der Waals surface area contributed by atoms with Crippen LogP contribution in [0.3, 0.4) is 0 Å². The summed E-state index contributed by atoms with van der Waals surface area (Å²) in [6.45, 7) is 2.00. The van der Waals surface area contributed by atoms with Gasteiger partial charge in [0.25, 0.3) is 0 Å². The van der Waals surface area contributed by atoms with Gasteiger partial charge in [0.2, 0.25) is 5.91 Å². The van der Waals surface area contributed by atoms with Crippen molar-refractivity contribution in [3.8, 4) is 0 Å². The predicted octanol–water partition coefficient (Wildman–Crippen LogP) is 2.89. The van der Waals surface area contributed by atoms with E-state index in [1.165, 1.54) is 4.90 Å². The third-order valence-corrected chi connectivity index (χ3v) is 4.21. The molecule has 1 aromatic heterocycles. The second kappa shape index (κ2) is 8.43. The molecule has 0 atom stereocenters. The molecule has 0 saturated heterocycles. The Balaban J connectivity index is 1.89. The van der Waals surface area contributed by atoms with Crippen LogP contribution in [-0.4, -0.2) is 33.4 Å². The van der Waals surface area contributed by atoms with Crippen LogP contribution >= 0.6 is 11.3 Å². The molecule has 2 rings (SSSR count). The largest absolute Gasteiger partial charge is 0.480 e. The number of aryl methyl sites for hydroxylation is 2. The van der Waals surface area contributed by atoms with Crippen LogP contribution < -0.4 is 0 Å². The van der Waals surface area contributed by atoms with E-state index in [0.29, 0.717) is 19.4 Å². The molecule has 0 bridgehead atoms. The van der Waals surface area contributed by atoms with Gasteiger partial charge in [0.15, 0.2) is 0 Å². The first-order valence-electron chi connectivity index (χ1n) is 7.49. The SMILES string of the molecule is Cc1nc(CCCC(=O)N(CC(=O)O)Cc2ccccc2)cs1. The highest BCUT2D eigenvalue weighted by molar-refractivity contribution is 7.09. The third-order valence-electron chi connectivity index (χ3n) is 3.39. The van der Waals surface area contributed by atoms with Gasteiger partial charge >= 0.3 is 5.97 Å². The van der Waals surface area contributed by atoms with E-state index in [4.69, 9.17) is 5.11 Å². The second-order valence-electron chi connectivity index (χ2n) is 5.34. The maximum Gasteiger partial charge on any atom is 0.323 e. The Morgan fingerprint density at radius 1 is 1.26 bits per heavy atom. The number of thiazole rings is 1. The first kappa shape index (κ1) is 17.1. The molecule has 0 aliphatic rings. The van der Waals surface area contributed by atoms with Crippen molar-refractivity contribution in [3.63, 3.8) is 0 Å². The lowest BCUT2D eigenvalue weighted by Crippen LogP contribution is -2.35. The van der Waals surface area contributed by atoms with E-state index < -0.39 is 5.97 Å². The molecule has 122 valence electrons. The van der Waals surface area contributed by atoms with Gasteiger partial charge in [-0.05, 0) is 25.3 Å². The van der Waals surface area contributed by atoms with Crippen LogP contribution in [0, 0.1) is 6.92 Å². The fourth-order valence-electron chi connectivity index (χ4n) is 2.30. The van der Waals surface area contributed by atoms with Crippen LogP contribution in [0.5, 0.6) is 0 Å². The summed E-state index contributed by atoms with van der Waals surface area (Å²) in [5, 5.41) is 12.0. The molecule has 0 spiro atoms. The van der Waals surface area contributed by atoms with Crippen LogP contribution in [-0.2, 0) is 22.6 Å². The number of carbonyl (C=O) groups is 2. The molecule has 0 fully saturated rings. The summed E-state index contributed by atoms with van der Waals surface area (Å²) in [6.07, 6.45) is 1.74. The van der Waals surface area contributed by atoms with Crippen molar-refractivity contribution in [2.45, 2.75) is 32.7 Å². The van der Waals surface area contributed by atoms with E-state index in [1.807, 2.05) is 42.6 Å². The van der Waals surface area contributed by atoms with Crippen LogP contribution in [0.15, 0.2) is 35.7 Å². The summed E-state index contributed by atoms with van der Waals surface area (Å²) in [5.74, 6) is -1.13. The lowest BCUT2D eigenvalue weighted by molar-refractivity contribution is -0.144. The van der Waals surface area contributed by atoms with Gasteiger partial charge in [-0.3, -0.25) is 9.59 Å². The highest BCUT2D eigenvalue weighted by atomic mass is 32.1. The molecule has 0 radical (unpaired) electrons. The molecule has 0 saturated carbocycles. The van der Waals surface area contributed by atoms with Crippen LogP contribution in [0.4, 0.5) is 0 Å². The predicted molar refractivity (Wildman–Crippen MR) is 89.3 cm³/mol. The average Bonchev–Trinajstić information content (AvgIpc) is 2.92. The number of rotatable bonds is 8. The summed E-state index contributed by atoms with van der Waals surface area (Å²) >= 11 is 1.60. The van der Waals surface area contributed by atoms with Crippen molar-refractivity contribution in [2.75, 3.05) is 6.54 Å². The quantitative estimate of drug-likeness (QED) is 0.807. The summed E-state index contributed by atoms with van der Waals surface area (Å²) in [5.41, 5.74) is 1.92. The standard InChI is InChI=1S/C17H20N2O3S/c1-13-18-15(12-23-13)8-5-9-16(20)19(11-17(21)22)10-14-6-3-2-4-7-14/h2-4,6-7,12H,5,8-11H2,1H3,(H,21,22). The van der Waals surface area contributed by atoms with E-state index >= 15 is 0 Å². The zero-order valence-corrected chi connectivity index (χ0v) is 13.9. The Morgan fingerprint density at radius 3 is 2.61 bits per heavy atom. The Hall–Kier alpha value is -2.21. The summed E-state index contributed by atoms with van der Waals surface area (Å²) in [6, 6.07) is 9.43. The Labute approximate surface area is 139 Å². The van der Waals surface area contributed by atoms with Gasteiger partial charge in [0.05, 0.1) is 10.7 Å². The van der Waals surface area contributed by atoms with E-state index in [9.17, 15) is 9.59 Å². The fraction of sp³-hybridized carbons (Fsp3) is 0.353. The molecular formula is C17H20N2O3S. The third kappa shape index (κ3) is 5.83. The van der Waals surface area contributed by atoms with Gasteiger partial charge in [-0.25, -0.2) is 4.98 Å². The number of carboxylic acid groups (broad SMARTS) is 1. The van der Waals surface area contributed by atoms with E-state index in [-0.39, 0.29) is 12.5 Å². The molecular weight excluding hydrogens is 312 g/mol. The molecule has 1 amide bonds. The zero-order chi connectivity index (χ0) is 16.7. The van der Waals surface area contributed by atoms with Gasteiger partial charge in [0.1, 0.15) is 6.54 Å². The number of benzene rings is 1. The summed E-state index contributed by atoms with van der Waals surface area (Å²) in [7, 11) is 0. The minimum Gasteiger partial charge on any atom is -0.480 e. The maximum absolute atomic E-state index is 12.3. The molecule has 23 heavy (non-hydrogen) atoms. The lowest BCUT2D eigenvalue weighted by atomic mass is 10.1. The molecule has 2 aromatic rings. The molecule has 1 aromatic carbocycles. The number of hydrogen-bond donors (Lipinski definition) is 1. The first-order valence-corrected chi connectivity index (χ1v) is 8.37. The minimum absolute atomic E-state index is 0.136. The molecule has 1 heterocycles. The van der Waals surface area contributed by atoms with E-state index in [0.717, 1.165) is 22.7 Å². The Bertz CT molecular complexity index is 655. The van der Waals surface area contributed by atoms with Gasteiger partial charge < -0.3 is 10.0 Å². The molecule has 1 N–H and O–H groups in total. The number of nitrogens with zero attached hydrogens (tertiary/aromatic N) is 2. The summed E-state index contributed by atoms with van der Waals surface area (Å²) in [4.78, 5) is 29.1. The van der Waals surface area contributed by atoms with Crippen molar-refractivity contribution in [3.05, 3.63) is 52.0 Å². The van der Waals surface area contributed by atoms with Crippen molar-refractivity contribution >= 4 is 23.2 Å². The number of hydrogen-bond acceptors (Lipinski definition) is 4. The van der Waals surface area contributed by atoms with Crippen molar-refractivity contribution < 1.29 is 14.7 Å². The minimum atomic E-state index is -0.996.